The summed E-state index contributed by atoms with van der Waals surface area (Å²) in [5, 5.41) is 28.5. The minimum absolute atomic E-state index is 0.0186. The lowest BCUT2D eigenvalue weighted by Gasteiger charge is -2.47. The first-order chi connectivity index (χ1) is 26.1. The molecule has 2 amide bonds. The number of carbonyl (C=O) groups excluding carboxylic acids is 5. The Morgan fingerprint density at radius 3 is 2.12 bits per heavy atom. The molecule has 2 heterocycles. The molecule has 2 aliphatic rings. The zero-order valence-electron chi connectivity index (χ0n) is 34.5. The Balaban J connectivity index is 1.94. The zero-order valence-corrected chi connectivity index (χ0v) is 34.5. The Bertz CT molecular complexity index is 1530. The maximum atomic E-state index is 14.3. The second-order valence-corrected chi connectivity index (χ2v) is 15.9. The van der Waals surface area contributed by atoms with Crippen molar-refractivity contribution in [2.75, 3.05) is 34.3 Å². The highest BCUT2D eigenvalue weighted by Gasteiger charge is 2.53. The molecule has 4 N–H and O–H groups in total. The van der Waals surface area contributed by atoms with Gasteiger partial charge in [0.15, 0.2) is 12.1 Å². The van der Waals surface area contributed by atoms with Crippen LogP contribution in [0.1, 0.15) is 85.0 Å². The van der Waals surface area contributed by atoms with E-state index in [2.05, 4.69) is 10.6 Å². The Morgan fingerprint density at radius 2 is 1.55 bits per heavy atom. The SMILES string of the molecule is CC[C@H]1OC(=O)[C@H](C)C(=O)[C@H](C)[C@@H](O[C@@H]2O[C@H](C)C[C@H](N(C)C)[C@H]2O)[C@](C)(OC)C[C@@H](C)C(=O)[C@H](C)[C@@H](OC(=O)NCCNC(=O)c2ccc(F)cc2)[C@]1(C)O. The average Bonchev–Trinajstić information content (AvgIpc) is 3.15. The summed E-state index contributed by atoms with van der Waals surface area (Å²) in [6.45, 7) is 12.4. The van der Waals surface area contributed by atoms with Gasteiger partial charge in [-0.2, -0.15) is 0 Å². The Kier molecular flexibility index (Phi) is 16.5. The van der Waals surface area contributed by atoms with Crippen LogP contribution < -0.4 is 10.6 Å². The van der Waals surface area contributed by atoms with E-state index < -0.39 is 101 Å². The van der Waals surface area contributed by atoms with Crippen LogP contribution >= 0.6 is 0 Å². The van der Waals surface area contributed by atoms with E-state index in [1.807, 2.05) is 25.9 Å². The van der Waals surface area contributed by atoms with Crippen LogP contribution in [-0.4, -0.2) is 133 Å². The first-order valence-corrected chi connectivity index (χ1v) is 19.3. The molecule has 13 atom stereocenters. The fourth-order valence-electron chi connectivity index (χ4n) is 7.84. The molecule has 3 rings (SSSR count). The van der Waals surface area contributed by atoms with Crippen molar-refractivity contribution >= 4 is 29.5 Å². The van der Waals surface area contributed by atoms with Gasteiger partial charge in [-0.3, -0.25) is 19.2 Å². The van der Waals surface area contributed by atoms with Gasteiger partial charge in [0.05, 0.1) is 23.7 Å². The molecule has 0 unspecified atom stereocenters. The molecule has 0 saturated carbocycles. The molecule has 2 fully saturated rings. The van der Waals surface area contributed by atoms with E-state index in [9.17, 15) is 38.6 Å². The van der Waals surface area contributed by atoms with Crippen molar-refractivity contribution in [2.45, 2.75) is 129 Å². The van der Waals surface area contributed by atoms with E-state index in [4.69, 9.17) is 23.7 Å². The monoisotopic (exact) mass is 795 g/mol. The molecule has 0 spiro atoms. The molecule has 0 radical (unpaired) electrons. The van der Waals surface area contributed by atoms with Crippen LogP contribution in [0.4, 0.5) is 9.18 Å². The number of ketones is 2. The molecule has 0 aromatic heterocycles. The van der Waals surface area contributed by atoms with Crippen LogP contribution in [0.5, 0.6) is 0 Å². The lowest BCUT2D eigenvalue weighted by Crippen LogP contribution is -2.60. The van der Waals surface area contributed by atoms with Gasteiger partial charge >= 0.3 is 12.1 Å². The van der Waals surface area contributed by atoms with Crippen LogP contribution in [0.3, 0.4) is 0 Å². The molecule has 2 saturated heterocycles. The van der Waals surface area contributed by atoms with Crippen LogP contribution in [-0.2, 0) is 38.1 Å². The van der Waals surface area contributed by atoms with E-state index in [1.165, 1.54) is 40.0 Å². The number of aliphatic hydroxyl groups is 2. The van der Waals surface area contributed by atoms with E-state index in [0.717, 1.165) is 12.1 Å². The van der Waals surface area contributed by atoms with Crippen molar-refractivity contribution in [3.8, 4) is 0 Å². The third kappa shape index (κ3) is 11.1. The number of nitrogens with zero attached hydrogens (tertiary/aromatic N) is 1. The predicted molar refractivity (Wildman–Crippen MR) is 202 cm³/mol. The van der Waals surface area contributed by atoms with Crippen LogP contribution in [0, 0.1) is 29.5 Å². The summed E-state index contributed by atoms with van der Waals surface area (Å²) in [5.41, 5.74) is -3.29. The van der Waals surface area contributed by atoms with Crippen LogP contribution in [0.25, 0.3) is 0 Å². The number of alkyl carbamates (subject to hydrolysis) is 1. The summed E-state index contributed by atoms with van der Waals surface area (Å²) in [6.07, 6.45) is -7.11. The van der Waals surface area contributed by atoms with Crippen molar-refractivity contribution < 1.29 is 62.3 Å². The molecular weight excluding hydrogens is 733 g/mol. The number of methoxy groups -OCH3 is 1. The van der Waals surface area contributed by atoms with Crippen LogP contribution in [0.2, 0.25) is 0 Å². The second-order valence-electron chi connectivity index (χ2n) is 15.9. The average molecular weight is 796 g/mol. The Labute approximate surface area is 329 Å². The number of carbonyl (C=O) groups is 5. The normalized spacial score (nSPS) is 36.3. The van der Waals surface area contributed by atoms with Gasteiger partial charge in [0.2, 0.25) is 0 Å². The minimum atomic E-state index is -2.13. The molecule has 0 bridgehead atoms. The number of likely N-dealkylation sites (N-methyl/N-ethyl adjacent to an activating group) is 1. The van der Waals surface area contributed by atoms with Gasteiger partial charge in [0, 0.05) is 43.6 Å². The molecule has 15 nitrogen and oxygen atoms in total. The molecule has 0 aliphatic carbocycles. The largest absolute Gasteiger partial charge is 0.459 e. The summed E-state index contributed by atoms with van der Waals surface area (Å²) < 4.78 is 43.4. The fourth-order valence-corrected chi connectivity index (χ4v) is 7.84. The van der Waals surface area contributed by atoms with Crippen molar-refractivity contribution in [1.29, 1.82) is 0 Å². The molecule has 316 valence electrons. The fraction of sp³-hybridized carbons (Fsp3) is 0.725. The highest BCUT2D eigenvalue weighted by atomic mass is 19.1. The van der Waals surface area contributed by atoms with Gasteiger partial charge in [-0.1, -0.05) is 27.7 Å². The lowest BCUT2D eigenvalue weighted by molar-refractivity contribution is -0.295. The molecule has 1 aromatic carbocycles. The standard InChI is InChI=1S/C40H62FN3O12/c1-12-29-40(8,51)34(56-38(50)43-18-17-42-35(48)26-13-15-27(41)16-14-26)23(4)30(45)21(2)20-39(7,52-11)33(24(5)31(46)25(6)36(49)54-29)55-37-32(47)28(44(9)10)19-22(3)53-37/h13-16,21-25,28-29,32-34,37,47,51H,12,17-20H2,1-11H3,(H,42,48)(H,43,50)/t21-,22-,23+,24+,25-,28+,29-,32-,33-,34-,37+,39-,40-/m1/s1. The van der Waals surface area contributed by atoms with E-state index in [-0.39, 0.29) is 43.6 Å². The smallest absolute Gasteiger partial charge is 0.407 e. The van der Waals surface area contributed by atoms with E-state index in [1.54, 1.807) is 27.7 Å². The first-order valence-electron chi connectivity index (χ1n) is 19.3. The second kappa shape index (κ2) is 19.7. The van der Waals surface area contributed by atoms with Gasteiger partial charge < -0.3 is 49.4 Å². The number of hydrogen-bond donors (Lipinski definition) is 4. The summed E-state index contributed by atoms with van der Waals surface area (Å²) in [6, 6.07) is 4.59. The van der Waals surface area contributed by atoms with Gasteiger partial charge in [-0.05, 0) is 85.3 Å². The number of aliphatic hydroxyl groups excluding tert-OH is 1. The summed E-state index contributed by atoms with van der Waals surface area (Å²) in [5.74, 6) is -7.32. The summed E-state index contributed by atoms with van der Waals surface area (Å²) >= 11 is 0. The Morgan fingerprint density at radius 1 is 0.964 bits per heavy atom. The van der Waals surface area contributed by atoms with Crippen LogP contribution in [0.15, 0.2) is 24.3 Å². The van der Waals surface area contributed by atoms with Crippen molar-refractivity contribution in [3.63, 3.8) is 0 Å². The number of hydrogen-bond acceptors (Lipinski definition) is 13. The van der Waals surface area contributed by atoms with Crippen molar-refractivity contribution in [3.05, 3.63) is 35.6 Å². The first kappa shape index (κ1) is 46.8. The predicted octanol–water partition coefficient (Wildman–Crippen LogP) is 3.03. The number of halogens is 1. The maximum Gasteiger partial charge on any atom is 0.407 e. The molecule has 2 aliphatic heterocycles. The minimum Gasteiger partial charge on any atom is -0.459 e. The number of esters is 1. The number of nitrogens with one attached hydrogen (secondary N) is 2. The number of benzene rings is 1. The molecule has 56 heavy (non-hydrogen) atoms. The molecular formula is C40H62FN3O12. The number of cyclic esters (lactones) is 1. The Hall–Kier alpha value is -3.54. The van der Waals surface area contributed by atoms with Crippen molar-refractivity contribution in [1.82, 2.24) is 15.5 Å². The van der Waals surface area contributed by atoms with Gasteiger partial charge in [-0.25, -0.2) is 9.18 Å². The number of rotatable bonds is 10. The quantitative estimate of drug-likeness (QED) is 0.153. The van der Waals surface area contributed by atoms with E-state index >= 15 is 0 Å². The van der Waals surface area contributed by atoms with E-state index in [0.29, 0.717) is 6.42 Å². The maximum absolute atomic E-state index is 14.3. The summed E-state index contributed by atoms with van der Waals surface area (Å²) in [7, 11) is 5.07. The third-order valence-electron chi connectivity index (χ3n) is 11.3. The number of ether oxygens (including phenoxy) is 5. The topological polar surface area (TPSA) is 199 Å². The molecule has 1 aromatic rings. The third-order valence-corrected chi connectivity index (χ3v) is 11.3. The van der Waals surface area contributed by atoms with Gasteiger partial charge in [0.1, 0.15) is 41.4 Å². The number of Topliss-reactive ketones (excluding diaryl/α,β-unsaturated/α-hetero) is 2. The lowest BCUT2D eigenvalue weighted by atomic mass is 9.74. The van der Waals surface area contributed by atoms with Gasteiger partial charge in [0.25, 0.3) is 5.91 Å². The molecule has 16 heteroatoms. The van der Waals surface area contributed by atoms with Crippen molar-refractivity contribution in [2.24, 2.45) is 23.7 Å². The zero-order chi connectivity index (χ0) is 42.3. The number of amides is 2. The highest BCUT2D eigenvalue weighted by molar-refractivity contribution is 6.00. The summed E-state index contributed by atoms with van der Waals surface area (Å²) in [4.78, 5) is 69.6. The van der Waals surface area contributed by atoms with Gasteiger partial charge in [-0.15, -0.1) is 0 Å². The highest BCUT2D eigenvalue weighted by Crippen LogP contribution is 2.39.